The number of ether oxygens (including phenoxy) is 1. The van der Waals surface area contributed by atoms with Crippen LogP contribution in [0.15, 0.2) is 48.5 Å². The molecule has 0 fully saturated rings. The third kappa shape index (κ3) is 4.50. The summed E-state index contributed by atoms with van der Waals surface area (Å²) in [6, 6.07) is 15.5. The fraction of sp³-hybridized carbons (Fsp3) is 0.333. The average Bonchev–Trinajstić information content (AvgIpc) is 2.53. The molecule has 1 N–H and O–H groups in total. The molecule has 0 aliphatic heterocycles. The Bertz CT molecular complexity index is 550. The van der Waals surface area contributed by atoms with Crippen molar-refractivity contribution in [1.82, 2.24) is 4.90 Å². The van der Waals surface area contributed by atoms with Crippen molar-refractivity contribution in [1.29, 1.82) is 0 Å². The molecule has 0 atom stereocenters. The van der Waals surface area contributed by atoms with Crippen molar-refractivity contribution in [3.05, 3.63) is 59.7 Å². The van der Waals surface area contributed by atoms with E-state index in [0.29, 0.717) is 12.4 Å². The van der Waals surface area contributed by atoms with Crippen LogP contribution >= 0.6 is 0 Å². The minimum absolute atomic E-state index is 0.328. The van der Waals surface area contributed by atoms with E-state index in [0.717, 1.165) is 36.5 Å². The zero-order valence-electron chi connectivity index (χ0n) is 12.7. The fourth-order valence-corrected chi connectivity index (χ4v) is 2.21. The Morgan fingerprint density at radius 3 is 2.38 bits per heavy atom. The number of hydrogen-bond acceptors (Lipinski definition) is 3. The highest BCUT2D eigenvalue weighted by molar-refractivity contribution is 5.39. The van der Waals surface area contributed by atoms with Crippen LogP contribution in [-0.4, -0.2) is 23.1 Å². The molecule has 0 aliphatic rings. The zero-order chi connectivity index (χ0) is 15.1. The Labute approximate surface area is 126 Å². The summed E-state index contributed by atoms with van der Waals surface area (Å²) in [5.41, 5.74) is 2.04. The molecule has 3 heteroatoms. The Kier molecular flexibility index (Phi) is 5.64. The first-order chi connectivity index (χ1) is 10.2. The highest BCUT2D eigenvalue weighted by Crippen LogP contribution is 2.25. The van der Waals surface area contributed by atoms with Crippen molar-refractivity contribution in [2.45, 2.75) is 27.0 Å². The number of rotatable bonds is 7. The van der Waals surface area contributed by atoms with Crippen molar-refractivity contribution < 1.29 is 9.84 Å². The van der Waals surface area contributed by atoms with E-state index in [9.17, 15) is 5.11 Å². The largest absolute Gasteiger partial charge is 0.508 e. The van der Waals surface area contributed by atoms with Crippen LogP contribution in [0.3, 0.4) is 0 Å². The molecule has 0 heterocycles. The van der Waals surface area contributed by atoms with Crippen molar-refractivity contribution in [2.24, 2.45) is 0 Å². The highest BCUT2D eigenvalue weighted by Gasteiger charge is 2.08. The lowest BCUT2D eigenvalue weighted by Gasteiger charge is -2.19. The standard InChI is InChI=1S/C18H23NO2/c1-3-19(4-2)13-16-12-17(10-11-18(16)20)21-14-15-8-6-5-7-9-15/h5-12,20H,3-4,13-14H2,1-2H3. The Balaban J connectivity index is 2.04. The lowest BCUT2D eigenvalue weighted by molar-refractivity contribution is 0.285. The van der Waals surface area contributed by atoms with Gasteiger partial charge >= 0.3 is 0 Å². The maximum absolute atomic E-state index is 9.98. The van der Waals surface area contributed by atoms with Crippen LogP contribution in [0.4, 0.5) is 0 Å². The second kappa shape index (κ2) is 7.70. The molecule has 2 aromatic rings. The van der Waals surface area contributed by atoms with Gasteiger partial charge in [0.05, 0.1) is 0 Å². The predicted octanol–water partition coefficient (Wildman–Crippen LogP) is 3.81. The van der Waals surface area contributed by atoms with E-state index < -0.39 is 0 Å². The summed E-state index contributed by atoms with van der Waals surface area (Å²) in [5, 5.41) is 9.98. The van der Waals surface area contributed by atoms with Crippen LogP contribution in [0.5, 0.6) is 11.5 Å². The zero-order valence-corrected chi connectivity index (χ0v) is 12.7. The first-order valence-corrected chi connectivity index (χ1v) is 7.44. The molecule has 0 radical (unpaired) electrons. The smallest absolute Gasteiger partial charge is 0.120 e. The summed E-state index contributed by atoms with van der Waals surface area (Å²) in [6.07, 6.45) is 0. The number of phenolic OH excluding ortho intramolecular Hbond substituents is 1. The van der Waals surface area contributed by atoms with E-state index in [-0.39, 0.29) is 0 Å². The summed E-state index contributed by atoms with van der Waals surface area (Å²) < 4.78 is 5.81. The molecule has 0 aromatic heterocycles. The molecule has 0 saturated heterocycles. The maximum atomic E-state index is 9.98. The van der Waals surface area contributed by atoms with E-state index in [1.165, 1.54) is 0 Å². The molecule has 0 amide bonds. The molecule has 0 aliphatic carbocycles. The maximum Gasteiger partial charge on any atom is 0.120 e. The number of aromatic hydroxyl groups is 1. The van der Waals surface area contributed by atoms with Crippen LogP contribution in [0.1, 0.15) is 25.0 Å². The lowest BCUT2D eigenvalue weighted by Crippen LogP contribution is -2.22. The summed E-state index contributed by atoms with van der Waals surface area (Å²) in [7, 11) is 0. The SMILES string of the molecule is CCN(CC)Cc1cc(OCc2ccccc2)ccc1O. The van der Waals surface area contributed by atoms with Gasteiger partial charge in [0.1, 0.15) is 18.1 Å². The lowest BCUT2D eigenvalue weighted by atomic mass is 10.1. The molecule has 0 unspecified atom stereocenters. The van der Waals surface area contributed by atoms with E-state index in [1.54, 1.807) is 6.07 Å². The monoisotopic (exact) mass is 285 g/mol. The topological polar surface area (TPSA) is 32.7 Å². The van der Waals surface area contributed by atoms with Crippen molar-refractivity contribution in [2.75, 3.05) is 13.1 Å². The third-order valence-corrected chi connectivity index (χ3v) is 3.59. The van der Waals surface area contributed by atoms with Crippen molar-refractivity contribution in [3.63, 3.8) is 0 Å². The first kappa shape index (κ1) is 15.4. The van der Waals surface area contributed by atoms with Crippen LogP contribution in [0.2, 0.25) is 0 Å². The molecule has 0 spiro atoms. The van der Waals surface area contributed by atoms with Crippen LogP contribution in [0, 0.1) is 0 Å². The summed E-state index contributed by atoms with van der Waals surface area (Å²) >= 11 is 0. The number of hydrogen-bond donors (Lipinski definition) is 1. The van der Waals surface area contributed by atoms with Gasteiger partial charge in [0, 0.05) is 12.1 Å². The van der Waals surface area contributed by atoms with Gasteiger partial charge in [0.25, 0.3) is 0 Å². The van der Waals surface area contributed by atoms with Gasteiger partial charge in [-0.3, -0.25) is 4.90 Å². The molecule has 3 nitrogen and oxygen atoms in total. The van der Waals surface area contributed by atoms with Gasteiger partial charge in [0.2, 0.25) is 0 Å². The summed E-state index contributed by atoms with van der Waals surface area (Å²) in [4.78, 5) is 2.26. The van der Waals surface area contributed by atoms with Crippen LogP contribution in [0.25, 0.3) is 0 Å². The molecular formula is C18H23NO2. The van der Waals surface area contributed by atoms with Gasteiger partial charge in [-0.15, -0.1) is 0 Å². The van der Waals surface area contributed by atoms with E-state index in [1.807, 2.05) is 42.5 Å². The Hall–Kier alpha value is -2.00. The molecule has 2 rings (SSSR count). The van der Waals surface area contributed by atoms with Gasteiger partial charge in [-0.1, -0.05) is 44.2 Å². The predicted molar refractivity (Wildman–Crippen MR) is 85.5 cm³/mol. The van der Waals surface area contributed by atoms with Gasteiger partial charge in [-0.05, 0) is 36.9 Å². The van der Waals surface area contributed by atoms with Crippen molar-refractivity contribution in [3.8, 4) is 11.5 Å². The van der Waals surface area contributed by atoms with E-state index in [4.69, 9.17) is 4.74 Å². The van der Waals surface area contributed by atoms with Crippen LogP contribution < -0.4 is 4.74 Å². The first-order valence-electron chi connectivity index (χ1n) is 7.44. The summed E-state index contributed by atoms with van der Waals surface area (Å²) in [6.45, 7) is 7.44. The number of benzene rings is 2. The molecular weight excluding hydrogens is 262 g/mol. The Morgan fingerprint density at radius 1 is 1.00 bits per heavy atom. The molecule has 2 aromatic carbocycles. The third-order valence-electron chi connectivity index (χ3n) is 3.59. The van der Waals surface area contributed by atoms with Gasteiger partial charge in [0.15, 0.2) is 0 Å². The molecule has 0 bridgehead atoms. The second-order valence-electron chi connectivity index (χ2n) is 5.03. The normalized spacial score (nSPS) is 10.8. The highest BCUT2D eigenvalue weighted by atomic mass is 16.5. The van der Waals surface area contributed by atoms with E-state index in [2.05, 4.69) is 18.7 Å². The minimum Gasteiger partial charge on any atom is -0.508 e. The van der Waals surface area contributed by atoms with Gasteiger partial charge < -0.3 is 9.84 Å². The molecule has 0 saturated carbocycles. The van der Waals surface area contributed by atoms with Crippen molar-refractivity contribution >= 4 is 0 Å². The summed E-state index contributed by atoms with van der Waals surface area (Å²) in [5.74, 6) is 1.12. The Morgan fingerprint density at radius 2 is 1.71 bits per heavy atom. The minimum atomic E-state index is 0.328. The fourth-order valence-electron chi connectivity index (χ4n) is 2.21. The van der Waals surface area contributed by atoms with Crippen LogP contribution in [-0.2, 0) is 13.2 Å². The number of phenols is 1. The molecule has 112 valence electrons. The van der Waals surface area contributed by atoms with E-state index >= 15 is 0 Å². The second-order valence-corrected chi connectivity index (χ2v) is 5.03. The van der Waals surface area contributed by atoms with Gasteiger partial charge in [-0.25, -0.2) is 0 Å². The van der Waals surface area contributed by atoms with Gasteiger partial charge in [-0.2, -0.15) is 0 Å². The molecule has 21 heavy (non-hydrogen) atoms. The quantitative estimate of drug-likeness (QED) is 0.839. The number of nitrogens with zero attached hydrogens (tertiary/aromatic N) is 1. The average molecular weight is 285 g/mol.